The molecule has 0 radical (unpaired) electrons. The van der Waals surface area contributed by atoms with E-state index in [9.17, 15) is 14.9 Å². The Morgan fingerprint density at radius 2 is 2.00 bits per heavy atom. The van der Waals surface area contributed by atoms with E-state index in [-0.39, 0.29) is 17.3 Å². The van der Waals surface area contributed by atoms with Crippen LogP contribution in [-0.2, 0) is 11.3 Å². The minimum absolute atomic E-state index is 0.0389. The summed E-state index contributed by atoms with van der Waals surface area (Å²) >= 11 is 1.22. The van der Waals surface area contributed by atoms with Crippen LogP contribution in [0.2, 0.25) is 0 Å². The zero-order valence-electron chi connectivity index (χ0n) is 16.2. The van der Waals surface area contributed by atoms with Crippen LogP contribution in [0.15, 0.2) is 76.8 Å². The van der Waals surface area contributed by atoms with E-state index in [4.69, 9.17) is 4.42 Å². The minimum Gasteiger partial charge on any atom is -0.453 e. The summed E-state index contributed by atoms with van der Waals surface area (Å²) in [6.45, 7) is 4.23. The number of thioether (sulfide) groups is 1. The Bertz CT molecular complexity index is 1230. The van der Waals surface area contributed by atoms with E-state index in [0.717, 1.165) is 11.0 Å². The summed E-state index contributed by atoms with van der Waals surface area (Å²) in [5.74, 6) is 0.955. The molecule has 0 aliphatic rings. The number of nitrogens with zero attached hydrogens (tertiary/aromatic N) is 4. The molecular weight excluding hydrogens is 418 g/mol. The van der Waals surface area contributed by atoms with Gasteiger partial charge in [0.15, 0.2) is 10.9 Å². The van der Waals surface area contributed by atoms with Crippen LogP contribution in [0, 0.1) is 10.1 Å². The molecule has 31 heavy (non-hydrogen) atoms. The fourth-order valence-corrected chi connectivity index (χ4v) is 3.70. The number of nitrogens with one attached hydrogen (secondary N) is 1. The van der Waals surface area contributed by atoms with Gasteiger partial charge in [0.05, 0.1) is 10.7 Å². The third-order valence-corrected chi connectivity index (χ3v) is 5.34. The first-order valence-corrected chi connectivity index (χ1v) is 10.2. The highest BCUT2D eigenvalue weighted by atomic mass is 32.2. The van der Waals surface area contributed by atoms with E-state index in [0.29, 0.717) is 29.0 Å². The van der Waals surface area contributed by atoms with Crippen LogP contribution in [0.4, 0.5) is 11.4 Å². The number of hydrogen-bond donors (Lipinski definition) is 1. The Kier molecular flexibility index (Phi) is 5.80. The van der Waals surface area contributed by atoms with Gasteiger partial charge in [0, 0.05) is 29.8 Å². The van der Waals surface area contributed by atoms with Crippen molar-refractivity contribution >= 4 is 40.0 Å². The normalized spacial score (nSPS) is 10.8. The van der Waals surface area contributed by atoms with Crippen molar-refractivity contribution in [2.45, 2.75) is 11.7 Å². The number of benzene rings is 2. The van der Waals surface area contributed by atoms with Gasteiger partial charge >= 0.3 is 0 Å². The topological polar surface area (TPSA) is 116 Å². The molecule has 0 atom stereocenters. The summed E-state index contributed by atoms with van der Waals surface area (Å²) in [6.07, 6.45) is 1.72. The number of rotatable bonds is 8. The fraction of sp³-hybridized carbons (Fsp3) is 0.0952. The molecule has 0 fully saturated rings. The highest BCUT2D eigenvalue weighted by Gasteiger charge is 2.18. The number of aromatic nitrogens is 3. The smallest absolute Gasteiger partial charge is 0.269 e. The predicted molar refractivity (Wildman–Crippen MR) is 118 cm³/mol. The van der Waals surface area contributed by atoms with Gasteiger partial charge < -0.3 is 9.73 Å². The maximum atomic E-state index is 12.3. The Hall–Kier alpha value is -3.92. The largest absolute Gasteiger partial charge is 0.453 e. The maximum absolute atomic E-state index is 12.3. The fourth-order valence-electron chi connectivity index (χ4n) is 2.96. The summed E-state index contributed by atoms with van der Waals surface area (Å²) in [4.78, 5) is 22.5. The number of allylic oxidation sites excluding steroid dienone is 1. The lowest BCUT2D eigenvalue weighted by molar-refractivity contribution is -0.384. The van der Waals surface area contributed by atoms with Crippen molar-refractivity contribution in [1.29, 1.82) is 0 Å². The standard InChI is InChI=1S/C21H17N5O4S/c1-2-11-25-20(18-12-14-5-3-4-6-17(14)30-18)23-24-21(25)31-13-19(27)22-15-7-9-16(10-8-15)26(28)29/h2-10,12H,1,11,13H2,(H,22,27). The third-order valence-electron chi connectivity index (χ3n) is 4.37. The van der Waals surface area contributed by atoms with E-state index in [1.165, 1.54) is 36.0 Å². The summed E-state index contributed by atoms with van der Waals surface area (Å²) in [5.41, 5.74) is 1.19. The summed E-state index contributed by atoms with van der Waals surface area (Å²) in [6, 6.07) is 15.2. The second-order valence-electron chi connectivity index (χ2n) is 6.49. The molecule has 2 aromatic carbocycles. The Balaban J connectivity index is 1.47. The Labute approximate surface area is 180 Å². The predicted octanol–water partition coefficient (Wildman–Crippen LogP) is 4.52. The van der Waals surface area contributed by atoms with Crippen LogP contribution in [0.1, 0.15) is 0 Å². The number of hydrogen-bond acceptors (Lipinski definition) is 7. The summed E-state index contributed by atoms with van der Waals surface area (Å²) in [7, 11) is 0. The van der Waals surface area contributed by atoms with E-state index in [1.807, 2.05) is 34.9 Å². The number of fused-ring (bicyclic) bond motifs is 1. The number of nitro groups is 1. The average Bonchev–Trinajstić information content (AvgIpc) is 3.36. The number of non-ortho nitro benzene ring substituents is 1. The molecule has 4 aromatic rings. The lowest BCUT2D eigenvalue weighted by Crippen LogP contribution is -2.14. The van der Waals surface area contributed by atoms with Gasteiger partial charge in [-0.05, 0) is 24.3 Å². The zero-order chi connectivity index (χ0) is 21.8. The van der Waals surface area contributed by atoms with Crippen LogP contribution in [0.5, 0.6) is 0 Å². The Morgan fingerprint density at radius 1 is 1.23 bits per heavy atom. The number of nitro benzene ring substituents is 1. The number of carbonyl (C=O) groups excluding carboxylic acids is 1. The van der Waals surface area contributed by atoms with Crippen molar-refractivity contribution in [3.05, 3.63) is 77.4 Å². The molecule has 0 aliphatic heterocycles. The van der Waals surface area contributed by atoms with Gasteiger partial charge in [-0.15, -0.1) is 16.8 Å². The SMILES string of the molecule is C=CCn1c(SCC(=O)Nc2ccc([N+](=O)[O-])cc2)nnc1-c1cc2ccccc2o1. The molecule has 9 nitrogen and oxygen atoms in total. The molecule has 0 saturated heterocycles. The van der Waals surface area contributed by atoms with Crippen LogP contribution in [0.3, 0.4) is 0 Å². The van der Waals surface area contributed by atoms with Gasteiger partial charge in [-0.1, -0.05) is 36.0 Å². The molecular formula is C21H17N5O4S. The highest BCUT2D eigenvalue weighted by Crippen LogP contribution is 2.29. The molecule has 4 rings (SSSR count). The second-order valence-corrected chi connectivity index (χ2v) is 7.44. The molecule has 156 valence electrons. The zero-order valence-corrected chi connectivity index (χ0v) is 17.0. The lowest BCUT2D eigenvalue weighted by atomic mass is 10.2. The van der Waals surface area contributed by atoms with E-state index >= 15 is 0 Å². The minimum atomic E-state index is -0.493. The van der Waals surface area contributed by atoms with Crippen molar-refractivity contribution < 1.29 is 14.1 Å². The molecule has 0 unspecified atom stereocenters. The first-order valence-electron chi connectivity index (χ1n) is 9.25. The molecule has 0 aliphatic carbocycles. The number of furan rings is 1. The van der Waals surface area contributed by atoms with Crippen molar-refractivity contribution in [2.75, 3.05) is 11.1 Å². The van der Waals surface area contributed by atoms with Gasteiger partial charge in [0.1, 0.15) is 5.58 Å². The first kappa shape index (κ1) is 20.4. The van der Waals surface area contributed by atoms with Gasteiger partial charge in [-0.2, -0.15) is 0 Å². The van der Waals surface area contributed by atoms with Crippen molar-refractivity contribution in [2.24, 2.45) is 0 Å². The molecule has 1 N–H and O–H groups in total. The maximum Gasteiger partial charge on any atom is 0.269 e. The van der Waals surface area contributed by atoms with E-state index in [1.54, 1.807) is 6.08 Å². The van der Waals surface area contributed by atoms with Crippen LogP contribution in [-0.4, -0.2) is 31.3 Å². The summed E-state index contributed by atoms with van der Waals surface area (Å²) in [5, 5.41) is 23.4. The lowest BCUT2D eigenvalue weighted by Gasteiger charge is -2.07. The van der Waals surface area contributed by atoms with Gasteiger partial charge in [-0.3, -0.25) is 19.5 Å². The van der Waals surface area contributed by atoms with E-state index in [2.05, 4.69) is 22.1 Å². The van der Waals surface area contributed by atoms with Crippen molar-refractivity contribution in [3.8, 4) is 11.6 Å². The monoisotopic (exact) mass is 435 g/mol. The van der Waals surface area contributed by atoms with E-state index < -0.39 is 4.92 Å². The van der Waals surface area contributed by atoms with Crippen LogP contribution in [0.25, 0.3) is 22.6 Å². The number of para-hydroxylation sites is 1. The van der Waals surface area contributed by atoms with Crippen LogP contribution >= 0.6 is 11.8 Å². The van der Waals surface area contributed by atoms with Crippen molar-refractivity contribution in [1.82, 2.24) is 14.8 Å². The molecule has 0 spiro atoms. The first-order chi connectivity index (χ1) is 15.0. The van der Waals surface area contributed by atoms with Gasteiger partial charge in [0.25, 0.3) is 5.69 Å². The number of carbonyl (C=O) groups is 1. The van der Waals surface area contributed by atoms with Crippen molar-refractivity contribution in [3.63, 3.8) is 0 Å². The quantitative estimate of drug-likeness (QED) is 0.187. The molecule has 2 aromatic heterocycles. The average molecular weight is 435 g/mol. The third kappa shape index (κ3) is 4.48. The molecule has 2 heterocycles. The van der Waals surface area contributed by atoms with Gasteiger partial charge in [-0.25, -0.2) is 0 Å². The molecule has 1 amide bonds. The molecule has 0 saturated carbocycles. The molecule has 10 heteroatoms. The Morgan fingerprint density at radius 3 is 2.71 bits per heavy atom. The highest BCUT2D eigenvalue weighted by molar-refractivity contribution is 7.99. The van der Waals surface area contributed by atoms with Gasteiger partial charge in [0.2, 0.25) is 11.7 Å². The number of anilines is 1. The van der Waals surface area contributed by atoms with Crippen LogP contribution < -0.4 is 5.32 Å². The summed E-state index contributed by atoms with van der Waals surface area (Å²) < 4.78 is 7.72. The second kappa shape index (κ2) is 8.84. The molecule has 0 bridgehead atoms. The number of amides is 1.